The summed E-state index contributed by atoms with van der Waals surface area (Å²) in [6.45, 7) is 4.49. The van der Waals surface area contributed by atoms with Gasteiger partial charge in [-0.2, -0.15) is 0 Å². The monoisotopic (exact) mass is 583 g/mol. The molecule has 0 heterocycles. The molecule has 0 unspecified atom stereocenters. The summed E-state index contributed by atoms with van der Waals surface area (Å²) in [6, 6.07) is 0. The fourth-order valence-corrected chi connectivity index (χ4v) is 6.82. The third-order valence-electron chi connectivity index (χ3n) is 8.68. The van der Waals surface area contributed by atoms with Gasteiger partial charge in [0, 0.05) is 11.2 Å². The SMILES string of the molecule is CCCCCCCCCCCCCCCCCCCCCCCCCCCCC=C(CCCCCC)S(C)(=O)=O. The third-order valence-corrected chi connectivity index (χ3v) is 10.0. The molecule has 0 N–H and O–H groups in total. The summed E-state index contributed by atoms with van der Waals surface area (Å²) in [5, 5.41) is 0. The van der Waals surface area contributed by atoms with Crippen molar-refractivity contribution < 1.29 is 8.42 Å². The zero-order chi connectivity index (χ0) is 29.4. The lowest BCUT2D eigenvalue weighted by molar-refractivity contribution is 0.515. The summed E-state index contributed by atoms with van der Waals surface area (Å²) < 4.78 is 24.0. The maximum Gasteiger partial charge on any atom is 0.171 e. The molecule has 240 valence electrons. The van der Waals surface area contributed by atoms with Gasteiger partial charge < -0.3 is 0 Å². The second-order valence-corrected chi connectivity index (χ2v) is 14.9. The van der Waals surface area contributed by atoms with Crippen molar-refractivity contribution in [3.8, 4) is 0 Å². The Hall–Kier alpha value is -0.310. The predicted octanol–water partition coefficient (Wildman–Crippen LogP) is 13.4. The van der Waals surface area contributed by atoms with Crippen LogP contribution in [0.2, 0.25) is 0 Å². The van der Waals surface area contributed by atoms with E-state index in [0.29, 0.717) is 4.91 Å². The average Bonchev–Trinajstić information content (AvgIpc) is 2.93. The van der Waals surface area contributed by atoms with Crippen LogP contribution in [0.5, 0.6) is 0 Å². The van der Waals surface area contributed by atoms with Crippen LogP contribution in [0, 0.1) is 0 Å². The first-order valence-corrected chi connectivity index (χ1v) is 20.3. The van der Waals surface area contributed by atoms with Crippen molar-refractivity contribution in [3.05, 3.63) is 11.0 Å². The van der Waals surface area contributed by atoms with Gasteiger partial charge in [0.05, 0.1) is 0 Å². The van der Waals surface area contributed by atoms with Gasteiger partial charge in [-0.1, -0.05) is 200 Å². The maximum atomic E-state index is 12.0. The first kappa shape index (κ1) is 39.7. The van der Waals surface area contributed by atoms with E-state index in [2.05, 4.69) is 13.8 Å². The number of sulfone groups is 1. The highest BCUT2D eigenvalue weighted by atomic mass is 32.2. The second-order valence-electron chi connectivity index (χ2n) is 12.9. The minimum atomic E-state index is -3.02. The van der Waals surface area contributed by atoms with Crippen molar-refractivity contribution in [1.82, 2.24) is 0 Å². The molecule has 0 atom stereocenters. The molecular weight excluding hydrogens is 508 g/mol. The maximum absolute atomic E-state index is 12.0. The van der Waals surface area contributed by atoms with Crippen LogP contribution in [0.3, 0.4) is 0 Å². The Morgan fingerprint density at radius 1 is 0.400 bits per heavy atom. The molecular formula is C37H74O2S. The largest absolute Gasteiger partial charge is 0.224 e. The van der Waals surface area contributed by atoms with Gasteiger partial charge in [0.2, 0.25) is 0 Å². The van der Waals surface area contributed by atoms with Crippen LogP contribution in [-0.4, -0.2) is 14.7 Å². The molecule has 0 aromatic heterocycles. The topological polar surface area (TPSA) is 34.1 Å². The van der Waals surface area contributed by atoms with Crippen molar-refractivity contribution >= 4 is 9.84 Å². The normalized spacial score (nSPS) is 12.4. The van der Waals surface area contributed by atoms with E-state index in [1.54, 1.807) is 0 Å². The highest BCUT2D eigenvalue weighted by Gasteiger charge is 2.10. The van der Waals surface area contributed by atoms with E-state index in [9.17, 15) is 8.42 Å². The molecule has 0 radical (unpaired) electrons. The lowest BCUT2D eigenvalue weighted by Crippen LogP contribution is -2.01. The number of hydrogen-bond acceptors (Lipinski definition) is 2. The van der Waals surface area contributed by atoms with Crippen molar-refractivity contribution in [3.63, 3.8) is 0 Å². The van der Waals surface area contributed by atoms with Crippen LogP contribution in [0.1, 0.15) is 219 Å². The van der Waals surface area contributed by atoms with E-state index in [4.69, 9.17) is 0 Å². The molecule has 40 heavy (non-hydrogen) atoms. The molecule has 0 bridgehead atoms. The summed E-state index contributed by atoms with van der Waals surface area (Å²) >= 11 is 0. The van der Waals surface area contributed by atoms with Gasteiger partial charge in [0.1, 0.15) is 0 Å². The lowest BCUT2D eigenvalue weighted by Gasteiger charge is -2.06. The van der Waals surface area contributed by atoms with Gasteiger partial charge in [-0.3, -0.25) is 0 Å². The van der Waals surface area contributed by atoms with Gasteiger partial charge in [0.15, 0.2) is 9.84 Å². The van der Waals surface area contributed by atoms with E-state index < -0.39 is 9.84 Å². The zero-order valence-corrected chi connectivity index (χ0v) is 28.7. The molecule has 0 spiro atoms. The summed E-state index contributed by atoms with van der Waals surface area (Å²) in [4.78, 5) is 0.684. The molecule has 0 rings (SSSR count). The quantitative estimate of drug-likeness (QED) is 0.0721. The Balaban J connectivity index is 3.32. The van der Waals surface area contributed by atoms with Gasteiger partial charge in [-0.05, 0) is 25.7 Å². The predicted molar refractivity (Wildman–Crippen MR) is 182 cm³/mol. The molecule has 0 aromatic rings. The van der Waals surface area contributed by atoms with E-state index in [-0.39, 0.29) is 0 Å². The first-order valence-electron chi connectivity index (χ1n) is 18.4. The van der Waals surface area contributed by atoms with Crippen molar-refractivity contribution in [1.29, 1.82) is 0 Å². The summed E-state index contributed by atoms with van der Waals surface area (Å²) in [5.41, 5.74) is 0. The minimum Gasteiger partial charge on any atom is -0.224 e. The van der Waals surface area contributed by atoms with E-state index >= 15 is 0 Å². The molecule has 2 nitrogen and oxygen atoms in total. The van der Waals surface area contributed by atoms with Gasteiger partial charge in [0.25, 0.3) is 0 Å². The smallest absolute Gasteiger partial charge is 0.171 e. The molecule has 0 amide bonds. The number of unbranched alkanes of at least 4 members (excludes halogenated alkanes) is 29. The highest BCUT2D eigenvalue weighted by molar-refractivity contribution is 7.94. The van der Waals surface area contributed by atoms with Crippen LogP contribution in [0.25, 0.3) is 0 Å². The number of rotatable bonds is 33. The Kier molecular flexibility index (Phi) is 31.4. The van der Waals surface area contributed by atoms with Gasteiger partial charge in [-0.15, -0.1) is 0 Å². The zero-order valence-electron chi connectivity index (χ0n) is 27.9. The van der Waals surface area contributed by atoms with Crippen molar-refractivity contribution in [2.24, 2.45) is 0 Å². The fraction of sp³-hybridized carbons (Fsp3) is 0.946. The second kappa shape index (κ2) is 31.6. The first-order chi connectivity index (χ1) is 19.5. The molecule has 0 saturated carbocycles. The number of hydrogen-bond donors (Lipinski definition) is 0. The van der Waals surface area contributed by atoms with Crippen LogP contribution in [0.4, 0.5) is 0 Å². The Labute approximate surface area is 254 Å². The van der Waals surface area contributed by atoms with Gasteiger partial charge in [-0.25, -0.2) is 8.42 Å². The minimum absolute atomic E-state index is 0.684. The van der Waals surface area contributed by atoms with E-state index in [1.807, 2.05) is 6.08 Å². The standard InChI is InChI=1S/C37H74O2S/c1-4-6-8-10-11-12-13-14-15-16-17-18-19-20-21-22-23-24-25-26-27-28-29-30-31-32-34-36-37(40(3,38)39)35-33-9-7-5-2/h36H,4-35H2,1-3H3. The number of allylic oxidation sites excluding steroid dienone is 2. The molecule has 0 aliphatic carbocycles. The van der Waals surface area contributed by atoms with Gasteiger partial charge >= 0.3 is 0 Å². The van der Waals surface area contributed by atoms with Crippen LogP contribution < -0.4 is 0 Å². The van der Waals surface area contributed by atoms with Crippen molar-refractivity contribution in [2.75, 3.05) is 6.26 Å². The summed E-state index contributed by atoms with van der Waals surface area (Å²) in [7, 11) is -3.02. The van der Waals surface area contributed by atoms with Crippen molar-refractivity contribution in [2.45, 2.75) is 219 Å². The fourth-order valence-electron chi connectivity index (χ4n) is 5.89. The molecule has 0 aliphatic heterocycles. The molecule has 0 saturated heterocycles. The van der Waals surface area contributed by atoms with Crippen LogP contribution >= 0.6 is 0 Å². The van der Waals surface area contributed by atoms with Crippen LogP contribution in [-0.2, 0) is 9.84 Å². The molecule has 0 fully saturated rings. The Bertz CT molecular complexity index is 622. The third kappa shape index (κ3) is 30.6. The lowest BCUT2D eigenvalue weighted by atomic mass is 10.0. The highest BCUT2D eigenvalue weighted by Crippen LogP contribution is 2.19. The van der Waals surface area contributed by atoms with E-state index in [0.717, 1.165) is 32.1 Å². The van der Waals surface area contributed by atoms with Crippen LogP contribution in [0.15, 0.2) is 11.0 Å². The average molecular weight is 583 g/mol. The summed E-state index contributed by atoms with van der Waals surface area (Å²) in [5.74, 6) is 0. The Morgan fingerprint density at radius 3 is 0.925 bits per heavy atom. The molecule has 3 heteroatoms. The molecule has 0 aliphatic rings. The van der Waals surface area contributed by atoms with E-state index in [1.165, 1.54) is 180 Å². The Morgan fingerprint density at radius 2 is 0.650 bits per heavy atom. The summed E-state index contributed by atoms with van der Waals surface area (Å²) in [6.07, 6.45) is 46.4. The molecule has 0 aromatic carbocycles.